The molecule has 1 nitrogen and oxygen atoms in total. The van der Waals surface area contributed by atoms with E-state index in [2.05, 4.69) is 6.07 Å². The lowest BCUT2D eigenvalue weighted by atomic mass is 9.69. The molecule has 0 bridgehead atoms. The highest BCUT2D eigenvalue weighted by Crippen LogP contribution is 2.39. The van der Waals surface area contributed by atoms with Crippen molar-refractivity contribution in [1.82, 2.24) is 0 Å². The SMILES string of the molecule is CC(C)C(C#N)(CCCCl)c1cccc(C(F)(F)F)c1. The highest BCUT2D eigenvalue weighted by atomic mass is 35.5. The second-order valence-electron chi connectivity index (χ2n) is 5.11. The molecule has 0 N–H and O–H groups in total. The second kappa shape index (κ2) is 6.49. The summed E-state index contributed by atoms with van der Waals surface area (Å²) in [5.74, 6) is 0.286. The fourth-order valence-corrected chi connectivity index (χ4v) is 2.47. The second-order valence-corrected chi connectivity index (χ2v) is 5.49. The van der Waals surface area contributed by atoms with Crippen LogP contribution in [0.15, 0.2) is 24.3 Å². The van der Waals surface area contributed by atoms with Crippen molar-refractivity contribution in [3.05, 3.63) is 35.4 Å². The van der Waals surface area contributed by atoms with E-state index < -0.39 is 17.2 Å². The van der Waals surface area contributed by atoms with Gasteiger partial charge in [0.1, 0.15) is 0 Å². The molecule has 1 atom stereocenters. The Bertz CT molecular complexity index is 491. The number of hydrogen-bond acceptors (Lipinski definition) is 1. The van der Waals surface area contributed by atoms with Crippen LogP contribution in [0.25, 0.3) is 0 Å². The van der Waals surface area contributed by atoms with Crippen LogP contribution < -0.4 is 0 Å². The molecule has 0 amide bonds. The molecule has 1 unspecified atom stereocenters. The molecule has 110 valence electrons. The lowest BCUT2D eigenvalue weighted by molar-refractivity contribution is -0.137. The molecule has 0 fully saturated rings. The van der Waals surface area contributed by atoms with Gasteiger partial charge in [0, 0.05) is 5.88 Å². The summed E-state index contributed by atoms with van der Waals surface area (Å²) in [5, 5.41) is 9.55. The van der Waals surface area contributed by atoms with E-state index in [-0.39, 0.29) is 5.92 Å². The van der Waals surface area contributed by atoms with Gasteiger partial charge in [-0.05, 0) is 30.4 Å². The van der Waals surface area contributed by atoms with E-state index in [0.29, 0.717) is 24.3 Å². The number of halogens is 4. The van der Waals surface area contributed by atoms with E-state index in [0.717, 1.165) is 12.1 Å². The van der Waals surface area contributed by atoms with E-state index in [1.165, 1.54) is 6.07 Å². The first-order valence-electron chi connectivity index (χ1n) is 6.43. The maximum Gasteiger partial charge on any atom is 0.416 e. The quantitative estimate of drug-likeness (QED) is 0.691. The van der Waals surface area contributed by atoms with E-state index >= 15 is 0 Å². The molecule has 0 aliphatic rings. The molecule has 1 aromatic carbocycles. The van der Waals surface area contributed by atoms with Gasteiger partial charge in [0.25, 0.3) is 0 Å². The molecule has 0 radical (unpaired) electrons. The Morgan fingerprint density at radius 1 is 1.25 bits per heavy atom. The summed E-state index contributed by atoms with van der Waals surface area (Å²) in [4.78, 5) is 0. The van der Waals surface area contributed by atoms with Crippen molar-refractivity contribution in [2.45, 2.75) is 38.3 Å². The third-order valence-corrected chi connectivity index (χ3v) is 3.86. The van der Waals surface area contributed by atoms with Gasteiger partial charge in [-0.15, -0.1) is 11.6 Å². The predicted molar refractivity (Wildman–Crippen MR) is 73.5 cm³/mol. The Morgan fingerprint density at radius 3 is 2.30 bits per heavy atom. The van der Waals surface area contributed by atoms with Crippen molar-refractivity contribution in [2.24, 2.45) is 5.92 Å². The number of alkyl halides is 4. The average Bonchev–Trinajstić information content (AvgIpc) is 2.39. The van der Waals surface area contributed by atoms with Gasteiger partial charge in [0.15, 0.2) is 0 Å². The fourth-order valence-electron chi connectivity index (χ4n) is 2.33. The van der Waals surface area contributed by atoms with Crippen LogP contribution in [0, 0.1) is 17.2 Å². The predicted octanol–water partition coefficient (Wildman–Crippen LogP) is 5.14. The van der Waals surface area contributed by atoms with Crippen molar-refractivity contribution in [1.29, 1.82) is 5.26 Å². The molecule has 0 saturated heterocycles. The molecule has 0 heterocycles. The van der Waals surface area contributed by atoms with Crippen LogP contribution in [0.5, 0.6) is 0 Å². The smallest absolute Gasteiger partial charge is 0.197 e. The van der Waals surface area contributed by atoms with E-state index in [4.69, 9.17) is 11.6 Å². The molecule has 1 aromatic rings. The first kappa shape index (κ1) is 16.8. The van der Waals surface area contributed by atoms with E-state index in [1.54, 1.807) is 6.07 Å². The Balaban J connectivity index is 3.32. The van der Waals surface area contributed by atoms with Crippen molar-refractivity contribution in [3.8, 4) is 6.07 Å². The van der Waals surface area contributed by atoms with Crippen LogP contribution in [0.1, 0.15) is 37.8 Å². The van der Waals surface area contributed by atoms with Gasteiger partial charge in [-0.3, -0.25) is 0 Å². The number of benzene rings is 1. The maximum atomic E-state index is 12.8. The zero-order valence-corrected chi connectivity index (χ0v) is 12.2. The van der Waals surface area contributed by atoms with Crippen LogP contribution in [-0.2, 0) is 11.6 Å². The summed E-state index contributed by atoms with van der Waals surface area (Å²) in [5.41, 5.74) is -1.24. The number of nitriles is 1. The van der Waals surface area contributed by atoms with E-state index in [9.17, 15) is 18.4 Å². The maximum absolute atomic E-state index is 12.8. The topological polar surface area (TPSA) is 23.8 Å². The number of nitrogens with zero attached hydrogens (tertiary/aromatic N) is 1. The number of hydrogen-bond donors (Lipinski definition) is 0. The first-order chi connectivity index (χ1) is 9.28. The minimum atomic E-state index is -4.40. The first-order valence-corrected chi connectivity index (χ1v) is 6.96. The summed E-state index contributed by atoms with van der Waals surface area (Å²) in [6, 6.07) is 7.27. The van der Waals surface area contributed by atoms with Crippen LogP contribution in [0.3, 0.4) is 0 Å². The minimum Gasteiger partial charge on any atom is -0.197 e. The van der Waals surface area contributed by atoms with Gasteiger partial charge in [-0.1, -0.05) is 32.0 Å². The van der Waals surface area contributed by atoms with Crippen molar-refractivity contribution in [2.75, 3.05) is 5.88 Å². The highest BCUT2D eigenvalue weighted by molar-refractivity contribution is 6.17. The van der Waals surface area contributed by atoms with Crippen molar-refractivity contribution < 1.29 is 13.2 Å². The monoisotopic (exact) mass is 303 g/mol. The van der Waals surface area contributed by atoms with Crippen LogP contribution in [-0.4, -0.2) is 5.88 Å². The summed E-state index contributed by atoms with van der Waals surface area (Å²) in [7, 11) is 0. The van der Waals surface area contributed by atoms with Crippen LogP contribution in [0.2, 0.25) is 0 Å². The standard InChI is InChI=1S/C15H17ClF3N/c1-11(2)14(10-20,7-4-8-16)12-5-3-6-13(9-12)15(17,18)19/h3,5-6,9,11H,4,7-8H2,1-2H3. The van der Waals surface area contributed by atoms with Crippen molar-refractivity contribution in [3.63, 3.8) is 0 Å². The van der Waals surface area contributed by atoms with Crippen LogP contribution in [0.4, 0.5) is 13.2 Å². The Kier molecular flexibility index (Phi) is 5.47. The van der Waals surface area contributed by atoms with Gasteiger partial charge < -0.3 is 0 Å². The Hall–Kier alpha value is -1.21. The molecule has 0 saturated carbocycles. The lowest BCUT2D eigenvalue weighted by Crippen LogP contribution is -2.31. The zero-order chi connectivity index (χ0) is 15.4. The highest BCUT2D eigenvalue weighted by Gasteiger charge is 2.38. The molecule has 0 aliphatic carbocycles. The summed E-state index contributed by atoms with van der Waals surface area (Å²) >= 11 is 5.67. The molecule has 0 spiro atoms. The third-order valence-electron chi connectivity index (χ3n) is 3.59. The minimum absolute atomic E-state index is 0.0980. The van der Waals surface area contributed by atoms with Gasteiger partial charge in [0.2, 0.25) is 0 Å². The molecular formula is C15H17ClF3N. The lowest BCUT2D eigenvalue weighted by Gasteiger charge is -2.31. The molecule has 20 heavy (non-hydrogen) atoms. The summed E-state index contributed by atoms with van der Waals surface area (Å²) in [6.07, 6.45) is -3.36. The normalized spacial score (nSPS) is 14.9. The Morgan fingerprint density at radius 2 is 1.85 bits per heavy atom. The Labute approximate surface area is 122 Å². The number of rotatable bonds is 5. The van der Waals surface area contributed by atoms with Gasteiger partial charge in [-0.25, -0.2) is 0 Å². The molecule has 0 aromatic heterocycles. The third kappa shape index (κ3) is 3.46. The largest absolute Gasteiger partial charge is 0.416 e. The summed E-state index contributed by atoms with van der Waals surface area (Å²) in [6.45, 7) is 3.69. The molecule has 0 aliphatic heterocycles. The summed E-state index contributed by atoms with van der Waals surface area (Å²) < 4.78 is 38.4. The van der Waals surface area contributed by atoms with Gasteiger partial charge >= 0.3 is 6.18 Å². The fraction of sp³-hybridized carbons (Fsp3) is 0.533. The van der Waals surface area contributed by atoms with Gasteiger partial charge in [0.05, 0.1) is 17.0 Å². The zero-order valence-electron chi connectivity index (χ0n) is 11.5. The molecule has 1 rings (SSSR count). The molecular weight excluding hydrogens is 287 g/mol. The van der Waals surface area contributed by atoms with E-state index in [1.807, 2.05) is 13.8 Å². The van der Waals surface area contributed by atoms with Crippen LogP contribution >= 0.6 is 11.6 Å². The van der Waals surface area contributed by atoms with Crippen molar-refractivity contribution >= 4 is 11.6 Å². The average molecular weight is 304 g/mol. The van der Waals surface area contributed by atoms with Gasteiger partial charge in [-0.2, -0.15) is 18.4 Å². The molecule has 5 heteroatoms.